The zero-order valence-electron chi connectivity index (χ0n) is 11.2. The molecule has 5 nitrogen and oxygen atoms in total. The van der Waals surface area contributed by atoms with Crippen molar-refractivity contribution in [3.63, 3.8) is 0 Å². The van der Waals surface area contributed by atoms with Crippen molar-refractivity contribution in [2.45, 2.75) is 20.3 Å². The topological polar surface area (TPSA) is 57.1 Å². The third kappa shape index (κ3) is 4.65. The van der Waals surface area contributed by atoms with E-state index in [2.05, 4.69) is 29.1 Å². The number of hydrogen-bond acceptors (Lipinski definition) is 4. The Hall–Kier alpha value is -1.23. The fourth-order valence-corrected chi connectivity index (χ4v) is 1.52. The Bertz CT molecular complexity index is 331. The maximum atomic E-state index is 11.8. The van der Waals surface area contributed by atoms with E-state index in [-0.39, 0.29) is 5.91 Å². The minimum atomic E-state index is -0.162. The summed E-state index contributed by atoms with van der Waals surface area (Å²) in [5.41, 5.74) is 1.07. The minimum absolute atomic E-state index is 0.162. The molecule has 0 aromatic carbocycles. The van der Waals surface area contributed by atoms with Gasteiger partial charge in [-0.05, 0) is 20.0 Å². The molecule has 1 aliphatic rings. The largest absolute Gasteiger partial charge is 0.348 e. The molecule has 0 atom stereocenters. The lowest BCUT2D eigenvalue weighted by Crippen LogP contribution is -2.37. The van der Waals surface area contributed by atoms with Gasteiger partial charge in [0.25, 0.3) is 5.91 Å². The Morgan fingerprint density at radius 2 is 2.18 bits per heavy atom. The molecule has 1 N–H and O–H groups in total. The highest BCUT2D eigenvalue weighted by Gasteiger charge is 2.16. The Morgan fingerprint density at radius 3 is 2.76 bits per heavy atom. The first-order chi connectivity index (χ1) is 8.00. The van der Waals surface area contributed by atoms with Gasteiger partial charge in [0.05, 0.1) is 0 Å². The number of carbonyl (C=O) groups is 1. The van der Waals surface area contributed by atoms with Crippen LogP contribution in [0.15, 0.2) is 9.98 Å². The van der Waals surface area contributed by atoms with Gasteiger partial charge in [0.15, 0.2) is 0 Å². The Kier molecular flexibility index (Phi) is 5.28. The SMILES string of the molecule is CC(C)C1=NC(C(=O)NCCN(C)C)=NCC1. The van der Waals surface area contributed by atoms with E-state index < -0.39 is 0 Å². The molecule has 0 fully saturated rings. The van der Waals surface area contributed by atoms with Gasteiger partial charge in [0.1, 0.15) is 0 Å². The molecular weight excluding hydrogens is 216 g/mol. The lowest BCUT2D eigenvalue weighted by molar-refractivity contribution is -0.114. The third-order valence-electron chi connectivity index (χ3n) is 2.59. The number of nitrogens with zero attached hydrogens (tertiary/aromatic N) is 3. The number of amidine groups is 1. The van der Waals surface area contributed by atoms with E-state index >= 15 is 0 Å². The number of likely N-dealkylation sites (N-methyl/N-ethyl adjacent to an activating group) is 1. The van der Waals surface area contributed by atoms with Gasteiger partial charge in [-0.25, -0.2) is 4.99 Å². The molecule has 0 saturated heterocycles. The molecule has 0 aliphatic carbocycles. The standard InChI is InChI=1S/C12H22N4O/c1-9(2)10-5-6-13-11(15-10)12(17)14-7-8-16(3)4/h9H,5-8H2,1-4H3,(H,14,17). The van der Waals surface area contributed by atoms with Gasteiger partial charge < -0.3 is 10.2 Å². The molecule has 0 aromatic rings. The van der Waals surface area contributed by atoms with Crippen molar-refractivity contribution in [3.05, 3.63) is 0 Å². The van der Waals surface area contributed by atoms with E-state index in [1.165, 1.54) is 0 Å². The van der Waals surface area contributed by atoms with E-state index in [1.54, 1.807) is 0 Å². The second kappa shape index (κ2) is 6.49. The molecule has 0 saturated carbocycles. The summed E-state index contributed by atoms with van der Waals surface area (Å²) in [6.45, 7) is 6.29. The quantitative estimate of drug-likeness (QED) is 0.761. The monoisotopic (exact) mass is 238 g/mol. The van der Waals surface area contributed by atoms with Crippen molar-refractivity contribution in [3.8, 4) is 0 Å². The highest BCUT2D eigenvalue weighted by molar-refractivity contribution is 6.40. The predicted octanol–water partition coefficient (Wildman–Crippen LogP) is 0.563. The van der Waals surface area contributed by atoms with Crippen molar-refractivity contribution in [2.24, 2.45) is 15.9 Å². The predicted molar refractivity (Wildman–Crippen MR) is 70.8 cm³/mol. The third-order valence-corrected chi connectivity index (χ3v) is 2.59. The van der Waals surface area contributed by atoms with E-state index in [4.69, 9.17) is 0 Å². The first-order valence-corrected chi connectivity index (χ1v) is 6.05. The Labute approximate surface area is 103 Å². The molecule has 0 aromatic heterocycles. The van der Waals surface area contributed by atoms with E-state index in [9.17, 15) is 4.79 Å². The van der Waals surface area contributed by atoms with Crippen LogP contribution in [-0.4, -0.2) is 56.1 Å². The van der Waals surface area contributed by atoms with Crippen molar-refractivity contribution in [2.75, 3.05) is 33.7 Å². The lowest BCUT2D eigenvalue weighted by Gasteiger charge is -2.15. The van der Waals surface area contributed by atoms with Crippen LogP contribution in [-0.2, 0) is 4.79 Å². The molecule has 5 heteroatoms. The molecule has 1 amide bonds. The summed E-state index contributed by atoms with van der Waals surface area (Å²) in [5, 5.41) is 2.82. The van der Waals surface area contributed by atoms with E-state index in [1.807, 2.05) is 19.0 Å². The highest BCUT2D eigenvalue weighted by Crippen LogP contribution is 2.07. The van der Waals surface area contributed by atoms with Crippen LogP contribution in [0.5, 0.6) is 0 Å². The molecule has 1 heterocycles. The van der Waals surface area contributed by atoms with Crippen molar-refractivity contribution < 1.29 is 4.79 Å². The van der Waals surface area contributed by atoms with Crippen molar-refractivity contribution in [1.29, 1.82) is 0 Å². The average molecular weight is 238 g/mol. The van der Waals surface area contributed by atoms with Crippen LogP contribution >= 0.6 is 0 Å². The Morgan fingerprint density at radius 1 is 1.47 bits per heavy atom. The summed E-state index contributed by atoms with van der Waals surface area (Å²) in [6, 6.07) is 0. The zero-order chi connectivity index (χ0) is 12.8. The fourth-order valence-electron chi connectivity index (χ4n) is 1.52. The van der Waals surface area contributed by atoms with Gasteiger partial charge in [-0.3, -0.25) is 9.79 Å². The van der Waals surface area contributed by atoms with Gasteiger partial charge in [-0.15, -0.1) is 0 Å². The summed E-state index contributed by atoms with van der Waals surface area (Å²) in [4.78, 5) is 22.3. The summed E-state index contributed by atoms with van der Waals surface area (Å²) < 4.78 is 0. The minimum Gasteiger partial charge on any atom is -0.348 e. The van der Waals surface area contributed by atoms with Crippen LogP contribution < -0.4 is 5.32 Å². The molecule has 0 bridgehead atoms. The van der Waals surface area contributed by atoms with Crippen LogP contribution in [0.25, 0.3) is 0 Å². The second-order valence-electron chi connectivity index (χ2n) is 4.77. The molecule has 0 spiro atoms. The van der Waals surface area contributed by atoms with Crippen molar-refractivity contribution in [1.82, 2.24) is 10.2 Å². The molecule has 17 heavy (non-hydrogen) atoms. The lowest BCUT2D eigenvalue weighted by atomic mass is 10.0. The van der Waals surface area contributed by atoms with Gasteiger partial charge in [-0.2, -0.15) is 0 Å². The molecule has 1 aliphatic heterocycles. The first-order valence-electron chi connectivity index (χ1n) is 6.05. The van der Waals surface area contributed by atoms with E-state index in [0.29, 0.717) is 24.8 Å². The molecule has 0 unspecified atom stereocenters. The maximum absolute atomic E-state index is 11.8. The fraction of sp³-hybridized carbons (Fsp3) is 0.750. The summed E-state index contributed by atoms with van der Waals surface area (Å²) in [7, 11) is 3.94. The van der Waals surface area contributed by atoms with E-state index in [0.717, 1.165) is 18.7 Å². The summed E-state index contributed by atoms with van der Waals surface area (Å²) in [5.74, 6) is 0.554. The zero-order valence-corrected chi connectivity index (χ0v) is 11.2. The Balaban J connectivity index is 2.49. The first kappa shape index (κ1) is 13.8. The molecular formula is C12H22N4O. The van der Waals surface area contributed by atoms with Crippen molar-refractivity contribution >= 4 is 17.5 Å². The molecule has 1 rings (SSSR count). The van der Waals surface area contributed by atoms with Gasteiger partial charge >= 0.3 is 0 Å². The van der Waals surface area contributed by atoms with Crippen LogP contribution in [0.2, 0.25) is 0 Å². The number of rotatable bonds is 5. The number of nitrogens with one attached hydrogen (secondary N) is 1. The van der Waals surface area contributed by atoms with Gasteiger partial charge in [0, 0.05) is 31.8 Å². The van der Waals surface area contributed by atoms with Crippen LogP contribution in [0.3, 0.4) is 0 Å². The highest BCUT2D eigenvalue weighted by atomic mass is 16.2. The summed E-state index contributed by atoms with van der Waals surface area (Å²) in [6.07, 6.45) is 0.867. The second-order valence-corrected chi connectivity index (χ2v) is 4.77. The van der Waals surface area contributed by atoms with Crippen LogP contribution in [0, 0.1) is 5.92 Å². The van der Waals surface area contributed by atoms with Gasteiger partial charge in [-0.1, -0.05) is 13.8 Å². The summed E-state index contributed by atoms with van der Waals surface area (Å²) >= 11 is 0. The normalized spacial score (nSPS) is 15.9. The molecule has 0 radical (unpaired) electrons. The average Bonchev–Trinajstić information content (AvgIpc) is 2.28. The number of aliphatic imine (C=N–C) groups is 2. The smallest absolute Gasteiger partial charge is 0.288 e. The van der Waals surface area contributed by atoms with Crippen LogP contribution in [0.4, 0.5) is 0 Å². The number of carbonyl (C=O) groups excluding carboxylic acids is 1. The number of hydrogen-bond donors (Lipinski definition) is 1. The maximum Gasteiger partial charge on any atom is 0.288 e. The molecule has 96 valence electrons. The van der Waals surface area contributed by atoms with Gasteiger partial charge in [0.2, 0.25) is 5.84 Å². The number of amides is 1. The van der Waals surface area contributed by atoms with Crippen LogP contribution in [0.1, 0.15) is 20.3 Å².